The second kappa shape index (κ2) is 6.60. The van der Waals surface area contributed by atoms with Crippen LogP contribution in [-0.4, -0.2) is 26.9 Å². The Morgan fingerprint density at radius 1 is 1.21 bits per heavy atom. The van der Waals surface area contributed by atoms with E-state index in [4.69, 9.17) is 9.72 Å². The van der Waals surface area contributed by atoms with E-state index in [2.05, 4.69) is 36.2 Å². The highest BCUT2D eigenvalue weighted by molar-refractivity contribution is 7.18. The molecular weight excluding hydrogens is 322 g/mol. The van der Waals surface area contributed by atoms with Gasteiger partial charge in [-0.05, 0) is 17.7 Å². The van der Waals surface area contributed by atoms with Gasteiger partial charge in [0.1, 0.15) is 23.4 Å². The van der Waals surface area contributed by atoms with Crippen molar-refractivity contribution in [2.45, 2.75) is 32.7 Å². The number of hydrogen-bond acceptors (Lipinski definition) is 6. The topological polar surface area (TPSA) is 64.9 Å². The molecule has 2 aromatic heterocycles. The molecule has 0 radical (unpaired) electrons. The van der Waals surface area contributed by atoms with Crippen LogP contribution >= 0.6 is 11.3 Å². The van der Waals surface area contributed by atoms with Crippen LogP contribution in [0.15, 0.2) is 36.9 Å². The number of ether oxygens (including phenoxy) is 1. The molecule has 0 aliphatic rings. The summed E-state index contributed by atoms with van der Waals surface area (Å²) < 4.78 is 6.96. The van der Waals surface area contributed by atoms with Crippen molar-refractivity contribution in [2.75, 3.05) is 12.4 Å². The molecule has 0 fully saturated rings. The summed E-state index contributed by atoms with van der Waals surface area (Å²) >= 11 is 1.58. The standard InChI is InChI=1S/C17H21N5OS/c1-17(2,3)14-15(22-11-18-10-20-22)24-16(21-14)19-9-12-5-7-13(23-4)8-6-12/h5-8,10-11H,9H2,1-4H3,(H,19,21). The number of thiazole rings is 1. The number of benzene rings is 1. The normalized spacial score (nSPS) is 11.5. The number of methoxy groups -OCH3 is 1. The van der Waals surface area contributed by atoms with Crippen molar-refractivity contribution < 1.29 is 4.74 Å². The van der Waals surface area contributed by atoms with Gasteiger partial charge in [-0.3, -0.25) is 0 Å². The van der Waals surface area contributed by atoms with Crippen molar-refractivity contribution in [2.24, 2.45) is 0 Å². The van der Waals surface area contributed by atoms with E-state index < -0.39 is 0 Å². The fraction of sp³-hybridized carbons (Fsp3) is 0.353. The lowest BCUT2D eigenvalue weighted by atomic mass is 9.92. The molecule has 1 N–H and O–H groups in total. The first-order chi connectivity index (χ1) is 11.5. The quantitative estimate of drug-likeness (QED) is 0.766. The Morgan fingerprint density at radius 2 is 1.96 bits per heavy atom. The van der Waals surface area contributed by atoms with E-state index in [1.165, 1.54) is 11.9 Å². The molecule has 0 aliphatic heterocycles. The Kier molecular flexibility index (Phi) is 4.53. The smallest absolute Gasteiger partial charge is 0.185 e. The van der Waals surface area contributed by atoms with E-state index in [1.54, 1.807) is 29.5 Å². The zero-order valence-electron chi connectivity index (χ0n) is 14.3. The molecule has 2 heterocycles. The third-order valence-corrected chi connectivity index (χ3v) is 4.55. The van der Waals surface area contributed by atoms with Gasteiger partial charge in [-0.1, -0.05) is 44.2 Å². The lowest BCUT2D eigenvalue weighted by Gasteiger charge is -2.16. The lowest BCUT2D eigenvalue weighted by molar-refractivity contribution is 0.414. The number of anilines is 1. The first-order valence-electron chi connectivity index (χ1n) is 7.70. The highest BCUT2D eigenvalue weighted by Crippen LogP contribution is 2.34. The molecule has 1 aromatic carbocycles. The average molecular weight is 343 g/mol. The van der Waals surface area contributed by atoms with E-state index in [0.29, 0.717) is 6.54 Å². The van der Waals surface area contributed by atoms with E-state index in [9.17, 15) is 0 Å². The first kappa shape index (κ1) is 16.4. The summed E-state index contributed by atoms with van der Waals surface area (Å²) in [5, 5.41) is 9.52. The van der Waals surface area contributed by atoms with Gasteiger partial charge in [-0.25, -0.2) is 14.6 Å². The van der Waals surface area contributed by atoms with Crippen LogP contribution < -0.4 is 10.1 Å². The first-order valence-corrected chi connectivity index (χ1v) is 8.52. The zero-order valence-corrected chi connectivity index (χ0v) is 15.1. The molecule has 24 heavy (non-hydrogen) atoms. The van der Waals surface area contributed by atoms with E-state index in [1.807, 2.05) is 24.3 Å². The van der Waals surface area contributed by atoms with Gasteiger partial charge in [0.2, 0.25) is 0 Å². The maximum atomic E-state index is 5.18. The molecule has 6 nitrogen and oxygen atoms in total. The minimum Gasteiger partial charge on any atom is -0.497 e. The lowest BCUT2D eigenvalue weighted by Crippen LogP contribution is -2.15. The van der Waals surface area contributed by atoms with Crippen LogP contribution in [0.3, 0.4) is 0 Å². The van der Waals surface area contributed by atoms with Crippen LogP contribution in [0.4, 0.5) is 5.13 Å². The molecule has 3 rings (SSSR count). The Balaban J connectivity index is 1.81. The predicted octanol–water partition coefficient (Wildman–Crippen LogP) is 3.64. The van der Waals surface area contributed by atoms with Crippen LogP contribution in [-0.2, 0) is 12.0 Å². The summed E-state index contributed by atoms with van der Waals surface area (Å²) in [5.41, 5.74) is 2.11. The van der Waals surface area contributed by atoms with Crippen molar-refractivity contribution in [1.82, 2.24) is 19.7 Å². The van der Waals surface area contributed by atoms with Crippen molar-refractivity contribution in [3.05, 3.63) is 48.2 Å². The summed E-state index contributed by atoms with van der Waals surface area (Å²) in [4.78, 5) is 8.82. The summed E-state index contributed by atoms with van der Waals surface area (Å²) in [5.74, 6) is 0.858. The highest BCUT2D eigenvalue weighted by Gasteiger charge is 2.24. The maximum absolute atomic E-state index is 5.18. The van der Waals surface area contributed by atoms with Crippen LogP contribution in [0.25, 0.3) is 5.00 Å². The molecule has 0 saturated carbocycles. The number of hydrogen-bond donors (Lipinski definition) is 1. The highest BCUT2D eigenvalue weighted by atomic mass is 32.1. The predicted molar refractivity (Wildman–Crippen MR) is 96.1 cm³/mol. The Morgan fingerprint density at radius 3 is 2.54 bits per heavy atom. The van der Waals surface area contributed by atoms with Gasteiger partial charge in [0.15, 0.2) is 5.13 Å². The Hall–Kier alpha value is -2.41. The fourth-order valence-electron chi connectivity index (χ4n) is 2.27. The van der Waals surface area contributed by atoms with Crippen LogP contribution in [0.1, 0.15) is 32.0 Å². The molecule has 0 bridgehead atoms. The number of rotatable bonds is 5. The van der Waals surface area contributed by atoms with E-state index >= 15 is 0 Å². The molecule has 0 saturated heterocycles. The number of aromatic nitrogens is 4. The van der Waals surface area contributed by atoms with Crippen molar-refractivity contribution >= 4 is 16.5 Å². The number of nitrogens with one attached hydrogen (secondary N) is 1. The largest absolute Gasteiger partial charge is 0.497 e. The second-order valence-corrected chi connectivity index (χ2v) is 7.44. The van der Waals surface area contributed by atoms with E-state index in [0.717, 1.165) is 21.6 Å². The van der Waals surface area contributed by atoms with Gasteiger partial charge in [0.05, 0.1) is 12.8 Å². The minimum atomic E-state index is -0.0716. The van der Waals surface area contributed by atoms with Crippen LogP contribution in [0.2, 0.25) is 0 Å². The van der Waals surface area contributed by atoms with Gasteiger partial charge in [-0.15, -0.1) is 0 Å². The average Bonchev–Trinajstić information content (AvgIpc) is 3.22. The van der Waals surface area contributed by atoms with Gasteiger partial charge in [0, 0.05) is 12.0 Å². The van der Waals surface area contributed by atoms with Gasteiger partial charge in [-0.2, -0.15) is 5.10 Å². The third kappa shape index (κ3) is 3.56. The monoisotopic (exact) mass is 343 g/mol. The fourth-order valence-corrected chi connectivity index (χ4v) is 3.37. The second-order valence-electron chi connectivity index (χ2n) is 6.46. The molecule has 0 spiro atoms. The molecule has 0 atom stereocenters. The van der Waals surface area contributed by atoms with E-state index in [-0.39, 0.29) is 5.41 Å². The molecule has 0 amide bonds. The van der Waals surface area contributed by atoms with Gasteiger partial charge < -0.3 is 10.1 Å². The summed E-state index contributed by atoms with van der Waals surface area (Å²) in [7, 11) is 1.67. The SMILES string of the molecule is COc1ccc(CNc2nc(C(C)(C)C)c(-n3cncn3)s2)cc1. The van der Waals surface area contributed by atoms with Gasteiger partial charge >= 0.3 is 0 Å². The molecule has 0 unspecified atom stereocenters. The van der Waals surface area contributed by atoms with Crippen LogP contribution in [0.5, 0.6) is 5.75 Å². The minimum absolute atomic E-state index is 0.0716. The maximum Gasteiger partial charge on any atom is 0.185 e. The van der Waals surface area contributed by atoms with Gasteiger partial charge in [0.25, 0.3) is 0 Å². The summed E-state index contributed by atoms with van der Waals surface area (Å²) in [6, 6.07) is 8.01. The molecular formula is C17H21N5OS. The van der Waals surface area contributed by atoms with Crippen molar-refractivity contribution in [1.29, 1.82) is 0 Å². The van der Waals surface area contributed by atoms with Crippen molar-refractivity contribution in [3.63, 3.8) is 0 Å². The van der Waals surface area contributed by atoms with Crippen LogP contribution in [0, 0.1) is 0 Å². The molecule has 126 valence electrons. The third-order valence-electron chi connectivity index (χ3n) is 3.55. The Bertz CT molecular complexity index is 788. The molecule has 7 heteroatoms. The summed E-state index contributed by atoms with van der Waals surface area (Å²) in [6.45, 7) is 7.15. The van der Waals surface area contributed by atoms with Crippen molar-refractivity contribution in [3.8, 4) is 10.8 Å². The zero-order chi connectivity index (χ0) is 17.2. The molecule has 3 aromatic rings. The Labute approximate surface area is 145 Å². The number of nitrogens with zero attached hydrogens (tertiary/aromatic N) is 4. The summed E-state index contributed by atoms with van der Waals surface area (Å²) in [6.07, 6.45) is 3.24. The molecule has 0 aliphatic carbocycles.